The van der Waals surface area contributed by atoms with E-state index in [4.69, 9.17) is 16.3 Å². The molecule has 2 aromatic heterocycles. The van der Waals surface area contributed by atoms with E-state index in [0.29, 0.717) is 33.9 Å². The van der Waals surface area contributed by atoms with Gasteiger partial charge in [0, 0.05) is 31.7 Å². The molecule has 1 aliphatic rings. The number of nitrogens with zero attached hydrogens (tertiary/aromatic N) is 1. The van der Waals surface area contributed by atoms with Crippen LogP contribution in [0.25, 0.3) is 10.2 Å². The first-order valence-corrected chi connectivity index (χ1v) is 12.1. The summed E-state index contributed by atoms with van der Waals surface area (Å²) in [6.07, 6.45) is 2.60. The van der Waals surface area contributed by atoms with Crippen molar-refractivity contribution in [2.75, 3.05) is 13.7 Å². The van der Waals surface area contributed by atoms with Gasteiger partial charge in [0.05, 0.1) is 17.0 Å². The molecule has 0 radical (unpaired) electrons. The standard InChI is InChI=1S/C23H24ClFN4O4S/c1-26-20(30)14-4-2-13(6-14)9-33-10-15-11-34-23-18(15)21(31)28-19(29-23)22(32)27-8-12-3-5-17(25)16(24)7-12/h3,5,7,11,13-14H,2,4,6,8-10H2,1H3,(H,26,30)(H,27,32)(H,28,29,31). The number of H-pyrrole nitrogens is 1. The molecule has 2 unspecified atom stereocenters. The molecule has 2 heterocycles. The minimum Gasteiger partial charge on any atom is -0.376 e. The van der Waals surface area contributed by atoms with E-state index in [2.05, 4.69) is 20.6 Å². The van der Waals surface area contributed by atoms with Crippen LogP contribution in [0.15, 0.2) is 28.4 Å². The molecule has 3 N–H and O–H groups in total. The lowest BCUT2D eigenvalue weighted by Gasteiger charge is -2.11. The van der Waals surface area contributed by atoms with Crippen molar-refractivity contribution in [3.8, 4) is 0 Å². The van der Waals surface area contributed by atoms with E-state index in [1.807, 2.05) is 0 Å². The Morgan fingerprint density at radius 2 is 2.18 bits per heavy atom. The summed E-state index contributed by atoms with van der Waals surface area (Å²) in [6, 6.07) is 4.15. The average Bonchev–Trinajstić information content (AvgIpc) is 3.47. The second-order valence-corrected chi connectivity index (χ2v) is 9.56. The fourth-order valence-corrected chi connectivity index (χ4v) is 5.27. The number of halogens is 2. The zero-order valence-corrected chi connectivity index (χ0v) is 20.0. The Balaban J connectivity index is 1.36. The van der Waals surface area contributed by atoms with Crippen LogP contribution >= 0.6 is 22.9 Å². The Hall–Kier alpha value is -2.82. The van der Waals surface area contributed by atoms with Gasteiger partial charge in [0.15, 0.2) is 0 Å². The van der Waals surface area contributed by atoms with Gasteiger partial charge in [0.2, 0.25) is 11.7 Å². The number of fused-ring (bicyclic) bond motifs is 1. The van der Waals surface area contributed by atoms with E-state index in [9.17, 15) is 18.8 Å². The predicted octanol–water partition coefficient (Wildman–Crippen LogP) is 3.39. The number of aromatic amines is 1. The Labute approximate surface area is 203 Å². The molecule has 180 valence electrons. The Kier molecular flexibility index (Phi) is 7.60. The van der Waals surface area contributed by atoms with Crippen molar-refractivity contribution >= 4 is 45.0 Å². The second-order valence-electron chi connectivity index (χ2n) is 8.29. The quantitative estimate of drug-likeness (QED) is 0.433. The van der Waals surface area contributed by atoms with Gasteiger partial charge in [-0.05, 0) is 48.3 Å². The Morgan fingerprint density at radius 3 is 2.94 bits per heavy atom. The van der Waals surface area contributed by atoms with Crippen LogP contribution in [0.5, 0.6) is 0 Å². The molecule has 1 saturated carbocycles. The van der Waals surface area contributed by atoms with Gasteiger partial charge in [-0.3, -0.25) is 14.4 Å². The molecule has 1 aliphatic carbocycles. The first kappa shape index (κ1) is 24.3. The number of carbonyl (C=O) groups is 2. The topological polar surface area (TPSA) is 113 Å². The monoisotopic (exact) mass is 506 g/mol. The third kappa shape index (κ3) is 5.45. The lowest BCUT2D eigenvalue weighted by atomic mass is 10.1. The third-order valence-corrected chi connectivity index (χ3v) is 7.15. The van der Waals surface area contributed by atoms with Crippen molar-refractivity contribution in [1.82, 2.24) is 20.6 Å². The molecule has 4 rings (SSSR count). The summed E-state index contributed by atoms with van der Waals surface area (Å²) in [7, 11) is 1.65. The molecule has 1 fully saturated rings. The van der Waals surface area contributed by atoms with Crippen molar-refractivity contribution in [3.05, 3.63) is 61.7 Å². The Bertz CT molecular complexity index is 1280. The number of hydrogen-bond donors (Lipinski definition) is 3. The van der Waals surface area contributed by atoms with Crippen molar-refractivity contribution in [1.29, 1.82) is 0 Å². The highest BCUT2D eigenvalue weighted by Crippen LogP contribution is 2.31. The number of hydrogen-bond acceptors (Lipinski definition) is 6. The number of amides is 2. The van der Waals surface area contributed by atoms with Crippen LogP contribution in [0.2, 0.25) is 5.02 Å². The molecule has 0 bridgehead atoms. The molecule has 0 aliphatic heterocycles. The number of ether oxygens (including phenoxy) is 1. The van der Waals surface area contributed by atoms with Crippen molar-refractivity contribution in [2.45, 2.75) is 32.4 Å². The number of carbonyl (C=O) groups excluding carboxylic acids is 2. The van der Waals surface area contributed by atoms with E-state index < -0.39 is 17.3 Å². The number of nitrogens with one attached hydrogen (secondary N) is 3. The Morgan fingerprint density at radius 1 is 1.35 bits per heavy atom. The lowest BCUT2D eigenvalue weighted by molar-refractivity contribution is -0.124. The minimum absolute atomic E-state index is 0.0350. The summed E-state index contributed by atoms with van der Waals surface area (Å²) in [4.78, 5) is 44.2. The smallest absolute Gasteiger partial charge is 0.287 e. The number of thiophene rings is 1. The summed E-state index contributed by atoms with van der Waals surface area (Å²) in [5.74, 6) is -0.775. The van der Waals surface area contributed by atoms with Crippen LogP contribution in [-0.4, -0.2) is 35.4 Å². The minimum atomic E-state index is -0.558. The fourth-order valence-electron chi connectivity index (χ4n) is 4.14. The zero-order chi connectivity index (χ0) is 24.2. The predicted molar refractivity (Wildman–Crippen MR) is 127 cm³/mol. The molecule has 11 heteroatoms. The molecule has 8 nitrogen and oxygen atoms in total. The highest BCUT2D eigenvalue weighted by atomic mass is 35.5. The largest absolute Gasteiger partial charge is 0.376 e. The molecular weight excluding hydrogens is 483 g/mol. The average molecular weight is 507 g/mol. The van der Waals surface area contributed by atoms with Gasteiger partial charge < -0.3 is 20.4 Å². The number of aromatic nitrogens is 2. The van der Waals surface area contributed by atoms with Gasteiger partial charge >= 0.3 is 0 Å². The molecule has 34 heavy (non-hydrogen) atoms. The van der Waals surface area contributed by atoms with Gasteiger partial charge in [-0.15, -0.1) is 11.3 Å². The number of rotatable bonds is 8. The molecule has 3 aromatic rings. The van der Waals surface area contributed by atoms with Crippen LogP contribution in [0.4, 0.5) is 4.39 Å². The van der Waals surface area contributed by atoms with Crippen LogP contribution in [0.1, 0.15) is 41.0 Å². The van der Waals surface area contributed by atoms with Crippen LogP contribution < -0.4 is 16.2 Å². The molecule has 0 spiro atoms. The SMILES string of the molecule is CNC(=O)C1CCC(COCc2csc3nc(C(=O)NCc4ccc(F)c(Cl)c4)[nH]c(=O)c23)C1. The highest BCUT2D eigenvalue weighted by molar-refractivity contribution is 7.16. The van der Waals surface area contributed by atoms with Crippen molar-refractivity contribution < 1.29 is 18.7 Å². The first-order valence-electron chi connectivity index (χ1n) is 10.9. The maximum atomic E-state index is 13.3. The van der Waals surface area contributed by atoms with Crippen molar-refractivity contribution in [3.63, 3.8) is 0 Å². The summed E-state index contributed by atoms with van der Waals surface area (Å²) < 4.78 is 19.1. The van der Waals surface area contributed by atoms with Crippen LogP contribution in [-0.2, 0) is 22.7 Å². The zero-order valence-electron chi connectivity index (χ0n) is 18.5. The maximum Gasteiger partial charge on any atom is 0.287 e. The van der Waals surface area contributed by atoms with Gasteiger partial charge in [0.1, 0.15) is 10.6 Å². The summed E-state index contributed by atoms with van der Waals surface area (Å²) in [5, 5.41) is 7.51. The van der Waals surface area contributed by atoms with E-state index in [-0.39, 0.29) is 35.8 Å². The first-order chi connectivity index (χ1) is 16.4. The second kappa shape index (κ2) is 10.6. The number of benzene rings is 1. The summed E-state index contributed by atoms with van der Waals surface area (Å²) >= 11 is 7.02. The van der Waals surface area contributed by atoms with Gasteiger partial charge in [-0.1, -0.05) is 17.7 Å². The molecule has 0 saturated heterocycles. The summed E-state index contributed by atoms with van der Waals surface area (Å²) in [5.41, 5.74) is 0.908. The fraction of sp³-hybridized carbons (Fsp3) is 0.391. The van der Waals surface area contributed by atoms with E-state index >= 15 is 0 Å². The molecule has 1 aromatic carbocycles. The van der Waals surface area contributed by atoms with Gasteiger partial charge in [-0.25, -0.2) is 9.37 Å². The van der Waals surface area contributed by atoms with E-state index in [1.165, 1.54) is 29.5 Å². The van der Waals surface area contributed by atoms with E-state index in [0.717, 1.165) is 19.3 Å². The van der Waals surface area contributed by atoms with Crippen LogP contribution in [0.3, 0.4) is 0 Å². The van der Waals surface area contributed by atoms with Gasteiger partial charge in [-0.2, -0.15) is 0 Å². The highest BCUT2D eigenvalue weighted by Gasteiger charge is 2.29. The maximum absolute atomic E-state index is 13.3. The molecule has 2 amide bonds. The normalized spacial score (nSPS) is 17.7. The lowest BCUT2D eigenvalue weighted by Crippen LogP contribution is -2.27. The van der Waals surface area contributed by atoms with E-state index in [1.54, 1.807) is 12.4 Å². The third-order valence-electron chi connectivity index (χ3n) is 5.94. The molecular formula is C23H24ClFN4O4S. The van der Waals surface area contributed by atoms with Gasteiger partial charge in [0.25, 0.3) is 11.5 Å². The van der Waals surface area contributed by atoms with Crippen LogP contribution in [0, 0.1) is 17.7 Å². The summed E-state index contributed by atoms with van der Waals surface area (Å²) in [6.45, 7) is 0.874. The molecule has 2 atom stereocenters. The van der Waals surface area contributed by atoms with Crippen molar-refractivity contribution in [2.24, 2.45) is 11.8 Å².